The number of aromatic nitrogens is 5. The average Bonchev–Trinajstić information content (AvgIpc) is 3.09. The van der Waals surface area contributed by atoms with Crippen molar-refractivity contribution < 1.29 is 0 Å². The third kappa shape index (κ3) is 2.83. The van der Waals surface area contributed by atoms with E-state index < -0.39 is 0 Å². The molecule has 138 valence electrons. The van der Waals surface area contributed by atoms with Crippen LogP contribution < -0.4 is 11.3 Å². The van der Waals surface area contributed by atoms with Crippen molar-refractivity contribution in [3.63, 3.8) is 0 Å². The van der Waals surface area contributed by atoms with Crippen LogP contribution in [0, 0.1) is 11.3 Å². The van der Waals surface area contributed by atoms with E-state index in [-0.39, 0.29) is 17.3 Å². The van der Waals surface area contributed by atoms with Gasteiger partial charge in [-0.25, -0.2) is 10.1 Å². The van der Waals surface area contributed by atoms with Gasteiger partial charge >= 0.3 is 0 Å². The summed E-state index contributed by atoms with van der Waals surface area (Å²) in [6, 6.07) is 9.08. The van der Waals surface area contributed by atoms with E-state index in [0.29, 0.717) is 33.3 Å². The summed E-state index contributed by atoms with van der Waals surface area (Å²) < 4.78 is 1.67. The molecule has 0 aliphatic carbocycles. The summed E-state index contributed by atoms with van der Waals surface area (Å²) in [4.78, 5) is 16.2. The van der Waals surface area contributed by atoms with Gasteiger partial charge in [0, 0.05) is 36.3 Å². The molecule has 28 heavy (non-hydrogen) atoms. The Kier molecular flexibility index (Phi) is 4.39. The van der Waals surface area contributed by atoms with Gasteiger partial charge < -0.3 is 5.73 Å². The predicted molar refractivity (Wildman–Crippen MR) is 105 cm³/mol. The third-order valence-electron chi connectivity index (χ3n) is 4.56. The first-order valence-corrected chi connectivity index (χ1v) is 8.71. The first-order valence-electron chi connectivity index (χ1n) is 8.33. The Bertz CT molecular complexity index is 1320. The lowest BCUT2D eigenvalue weighted by atomic mass is 9.97. The first kappa shape index (κ1) is 17.9. The molecular weight excluding hydrogens is 378 g/mol. The van der Waals surface area contributed by atoms with Gasteiger partial charge in [0.1, 0.15) is 11.2 Å². The molecule has 0 amide bonds. The molecule has 9 heteroatoms. The summed E-state index contributed by atoms with van der Waals surface area (Å²) in [6.07, 6.45) is 3.26. The van der Waals surface area contributed by atoms with Crippen molar-refractivity contribution >= 4 is 22.4 Å². The lowest BCUT2D eigenvalue weighted by Crippen LogP contribution is -2.13. The third-order valence-corrected chi connectivity index (χ3v) is 4.76. The molecule has 4 aromatic rings. The van der Waals surface area contributed by atoms with Crippen molar-refractivity contribution in [2.75, 3.05) is 0 Å². The number of hydrogen-bond donors (Lipinski definition) is 2. The zero-order chi connectivity index (χ0) is 19.8. The molecular formula is C19H14ClN7O. The van der Waals surface area contributed by atoms with E-state index >= 15 is 0 Å². The first-order chi connectivity index (χ1) is 13.5. The summed E-state index contributed by atoms with van der Waals surface area (Å²) in [7, 11) is 1.78. The Morgan fingerprint density at radius 3 is 2.82 bits per heavy atom. The minimum Gasteiger partial charge on any atom is -0.325 e. The number of benzene rings is 1. The van der Waals surface area contributed by atoms with Gasteiger partial charge in [-0.05, 0) is 23.8 Å². The van der Waals surface area contributed by atoms with Crippen molar-refractivity contribution in [2.45, 2.75) is 6.54 Å². The Hall–Kier alpha value is -3.54. The SMILES string of the molecule is Cn1ncc(-c2ccc3c(=O)[nH]nc(CN)c3c2)c1-c1cnc(Cl)cc1C#N. The maximum atomic E-state index is 12.1. The maximum Gasteiger partial charge on any atom is 0.272 e. The van der Waals surface area contributed by atoms with Crippen LogP contribution in [0.15, 0.2) is 41.5 Å². The number of rotatable bonds is 3. The van der Waals surface area contributed by atoms with Crippen LogP contribution in [0.5, 0.6) is 0 Å². The largest absolute Gasteiger partial charge is 0.325 e. The van der Waals surface area contributed by atoms with Gasteiger partial charge in [0.2, 0.25) is 0 Å². The van der Waals surface area contributed by atoms with E-state index in [2.05, 4.69) is 26.3 Å². The predicted octanol–water partition coefficient (Wildman–Crippen LogP) is 2.37. The van der Waals surface area contributed by atoms with E-state index in [4.69, 9.17) is 17.3 Å². The van der Waals surface area contributed by atoms with Crippen molar-refractivity contribution in [3.05, 3.63) is 63.4 Å². The van der Waals surface area contributed by atoms with Gasteiger partial charge in [-0.15, -0.1) is 0 Å². The Morgan fingerprint density at radius 1 is 1.25 bits per heavy atom. The van der Waals surface area contributed by atoms with Gasteiger partial charge in [-0.3, -0.25) is 9.48 Å². The number of nitrogens with zero attached hydrogens (tertiary/aromatic N) is 5. The monoisotopic (exact) mass is 391 g/mol. The van der Waals surface area contributed by atoms with Crippen LogP contribution in [0.2, 0.25) is 5.15 Å². The van der Waals surface area contributed by atoms with Crippen molar-refractivity contribution in [1.82, 2.24) is 25.0 Å². The number of hydrogen-bond acceptors (Lipinski definition) is 6. The number of fused-ring (bicyclic) bond motifs is 1. The van der Waals surface area contributed by atoms with Gasteiger partial charge in [-0.1, -0.05) is 17.7 Å². The fourth-order valence-corrected chi connectivity index (χ4v) is 3.38. The highest BCUT2D eigenvalue weighted by Gasteiger charge is 2.18. The quantitative estimate of drug-likeness (QED) is 0.516. The molecule has 4 rings (SSSR count). The van der Waals surface area contributed by atoms with Gasteiger partial charge in [0.05, 0.1) is 28.5 Å². The van der Waals surface area contributed by atoms with Gasteiger partial charge in [0.15, 0.2) is 0 Å². The van der Waals surface area contributed by atoms with E-state index in [9.17, 15) is 10.1 Å². The smallest absolute Gasteiger partial charge is 0.272 e. The van der Waals surface area contributed by atoms with Crippen LogP contribution in [-0.2, 0) is 13.6 Å². The molecule has 0 bridgehead atoms. The second-order valence-corrected chi connectivity index (χ2v) is 6.55. The lowest BCUT2D eigenvalue weighted by Gasteiger charge is -2.10. The molecule has 1 aromatic carbocycles. The second-order valence-electron chi connectivity index (χ2n) is 6.16. The number of aromatic amines is 1. The summed E-state index contributed by atoms with van der Waals surface area (Å²) in [5.41, 5.74) is 9.41. The van der Waals surface area contributed by atoms with Crippen LogP contribution in [0.25, 0.3) is 33.2 Å². The maximum absolute atomic E-state index is 12.1. The molecule has 3 aromatic heterocycles. The molecule has 0 saturated heterocycles. The van der Waals surface area contributed by atoms with Crippen LogP contribution in [-0.4, -0.2) is 25.0 Å². The number of nitrogens with one attached hydrogen (secondary N) is 1. The zero-order valence-corrected chi connectivity index (χ0v) is 15.5. The number of halogens is 1. The van der Waals surface area contributed by atoms with Crippen molar-refractivity contribution in [1.29, 1.82) is 5.26 Å². The Labute approximate surface area is 164 Å². The van der Waals surface area contributed by atoms with Crippen LogP contribution in [0.3, 0.4) is 0 Å². The molecule has 0 spiro atoms. The number of nitrogens with two attached hydrogens (primary N) is 1. The van der Waals surface area contributed by atoms with Gasteiger partial charge in [-0.2, -0.15) is 15.5 Å². The summed E-state index contributed by atoms with van der Waals surface area (Å²) in [6.45, 7) is 0.191. The Balaban J connectivity index is 1.98. The second kappa shape index (κ2) is 6.88. The van der Waals surface area contributed by atoms with E-state index in [1.165, 1.54) is 6.07 Å². The summed E-state index contributed by atoms with van der Waals surface area (Å²) in [5, 5.41) is 21.8. The topological polar surface area (TPSA) is 126 Å². The van der Waals surface area contributed by atoms with E-state index in [1.54, 1.807) is 30.2 Å². The number of nitriles is 1. The molecule has 0 atom stereocenters. The average molecular weight is 392 g/mol. The number of H-pyrrole nitrogens is 1. The molecule has 0 aliphatic rings. The van der Waals surface area contributed by atoms with E-state index in [1.807, 2.05) is 12.1 Å². The molecule has 0 unspecified atom stereocenters. The fourth-order valence-electron chi connectivity index (χ4n) is 3.22. The molecule has 0 saturated carbocycles. The van der Waals surface area contributed by atoms with Crippen LogP contribution >= 0.6 is 11.6 Å². The highest BCUT2D eigenvalue weighted by Crippen LogP contribution is 2.35. The lowest BCUT2D eigenvalue weighted by molar-refractivity contribution is 0.775. The van der Waals surface area contributed by atoms with Crippen molar-refractivity contribution in [2.24, 2.45) is 12.8 Å². The number of pyridine rings is 1. The highest BCUT2D eigenvalue weighted by molar-refractivity contribution is 6.29. The highest BCUT2D eigenvalue weighted by atomic mass is 35.5. The molecule has 0 fully saturated rings. The molecule has 0 radical (unpaired) electrons. The molecule has 3 heterocycles. The number of aryl methyl sites for hydroxylation is 1. The molecule has 3 N–H and O–H groups in total. The molecule has 8 nitrogen and oxygen atoms in total. The van der Waals surface area contributed by atoms with E-state index in [0.717, 1.165) is 11.1 Å². The Morgan fingerprint density at radius 2 is 2.07 bits per heavy atom. The van der Waals surface area contributed by atoms with Crippen LogP contribution in [0.4, 0.5) is 0 Å². The fraction of sp³-hybridized carbons (Fsp3) is 0.105. The standard InChI is InChI=1S/C19H14ClN7O/c1-27-18(14-8-23-17(20)5-11(14)6-21)15(9-24-27)10-2-3-12-13(4-10)16(7-22)25-26-19(12)28/h2-5,8-9H,7,22H2,1H3,(H,26,28). The summed E-state index contributed by atoms with van der Waals surface area (Å²) in [5.74, 6) is 0. The van der Waals surface area contributed by atoms with Gasteiger partial charge in [0.25, 0.3) is 5.56 Å². The zero-order valence-electron chi connectivity index (χ0n) is 14.8. The van der Waals surface area contributed by atoms with Crippen molar-refractivity contribution in [3.8, 4) is 28.5 Å². The molecule has 0 aliphatic heterocycles. The van der Waals surface area contributed by atoms with Crippen LogP contribution in [0.1, 0.15) is 11.3 Å². The minimum absolute atomic E-state index is 0.191. The normalized spacial score (nSPS) is 10.9. The summed E-state index contributed by atoms with van der Waals surface area (Å²) >= 11 is 5.93. The minimum atomic E-state index is -0.279.